The number of carbonyl (C=O) groups excluding carboxylic acids is 1. The lowest BCUT2D eigenvalue weighted by Gasteiger charge is -2.25. The van der Waals surface area contributed by atoms with Gasteiger partial charge < -0.3 is 20.5 Å². The van der Waals surface area contributed by atoms with Crippen LogP contribution in [-0.2, 0) is 4.79 Å². The maximum atomic E-state index is 11.6. The average Bonchev–Trinajstić information content (AvgIpc) is 2.41. The second kappa shape index (κ2) is 6.04. The van der Waals surface area contributed by atoms with Crippen LogP contribution in [0.2, 0.25) is 0 Å². The summed E-state index contributed by atoms with van der Waals surface area (Å²) in [4.78, 5) is 11.6. The van der Waals surface area contributed by atoms with Crippen LogP contribution >= 0.6 is 0 Å². The minimum Gasteiger partial charge on any atom is -0.479 e. The van der Waals surface area contributed by atoms with Crippen molar-refractivity contribution in [2.75, 3.05) is 19.0 Å². The minimum absolute atomic E-state index is 0.124. The van der Waals surface area contributed by atoms with Crippen LogP contribution < -0.4 is 15.4 Å². The largest absolute Gasteiger partial charge is 0.479 e. The van der Waals surface area contributed by atoms with Crippen LogP contribution in [-0.4, -0.2) is 30.8 Å². The van der Waals surface area contributed by atoms with Gasteiger partial charge in [-0.15, -0.1) is 0 Å². The lowest BCUT2D eigenvalue weighted by molar-refractivity contribution is -0.122. The first-order valence-electron chi connectivity index (χ1n) is 6.55. The summed E-state index contributed by atoms with van der Waals surface area (Å²) < 4.78 is 5.52. The molecule has 5 heteroatoms. The fraction of sp³-hybridized carbons (Fsp3) is 0.500. The molecule has 0 radical (unpaired) electrons. The fourth-order valence-electron chi connectivity index (χ4n) is 2.22. The quantitative estimate of drug-likeness (QED) is 0.752. The van der Waals surface area contributed by atoms with E-state index < -0.39 is 6.10 Å². The normalized spacial score (nSPS) is 19.3. The number of amides is 1. The number of rotatable bonds is 5. The number of aliphatic hydroxyl groups is 1. The molecule has 0 spiro atoms. The maximum Gasteiger partial charge on any atom is 0.265 e. The van der Waals surface area contributed by atoms with Gasteiger partial charge in [-0.05, 0) is 44.5 Å². The van der Waals surface area contributed by atoms with Gasteiger partial charge in [-0.3, -0.25) is 4.79 Å². The van der Waals surface area contributed by atoms with Crippen LogP contribution in [0.1, 0.15) is 31.4 Å². The molecule has 0 bridgehead atoms. The van der Waals surface area contributed by atoms with E-state index in [4.69, 9.17) is 9.84 Å². The molecule has 104 valence electrons. The Morgan fingerprint density at radius 2 is 2.32 bits per heavy atom. The molecular weight excluding hydrogens is 244 g/mol. The first-order chi connectivity index (χ1) is 9.15. The molecule has 0 saturated heterocycles. The second-order valence-corrected chi connectivity index (χ2v) is 4.71. The standard InChI is InChI=1S/C14H20N2O3/c1-9-14(18)16-12-8-10(5-6-13(12)19-9)11(15-2)4-3-7-17/h5-6,8-9,11,15,17H,3-4,7H2,1-2H3,(H,16,18). The highest BCUT2D eigenvalue weighted by molar-refractivity contribution is 5.97. The summed E-state index contributed by atoms with van der Waals surface area (Å²) in [6.45, 7) is 1.91. The van der Waals surface area contributed by atoms with Crippen molar-refractivity contribution in [3.05, 3.63) is 23.8 Å². The minimum atomic E-state index is -0.451. The first-order valence-corrected chi connectivity index (χ1v) is 6.55. The predicted octanol–water partition coefficient (Wildman–Crippen LogP) is 1.44. The Hall–Kier alpha value is -1.59. The summed E-state index contributed by atoms with van der Waals surface area (Å²) in [5.41, 5.74) is 1.79. The Bertz CT molecular complexity index is 462. The van der Waals surface area contributed by atoms with E-state index in [0.717, 1.165) is 18.4 Å². The molecule has 2 rings (SSSR count). The van der Waals surface area contributed by atoms with Gasteiger partial charge in [0, 0.05) is 12.6 Å². The van der Waals surface area contributed by atoms with Gasteiger partial charge in [0.05, 0.1) is 5.69 Å². The molecule has 1 aliphatic heterocycles. The number of hydrogen-bond acceptors (Lipinski definition) is 4. The summed E-state index contributed by atoms with van der Waals surface area (Å²) in [5.74, 6) is 0.578. The van der Waals surface area contributed by atoms with E-state index in [1.54, 1.807) is 6.92 Å². The molecule has 2 unspecified atom stereocenters. The van der Waals surface area contributed by atoms with Crippen molar-refractivity contribution in [2.45, 2.75) is 31.9 Å². The second-order valence-electron chi connectivity index (χ2n) is 4.71. The topological polar surface area (TPSA) is 70.6 Å². The Labute approximate surface area is 113 Å². The average molecular weight is 264 g/mol. The monoisotopic (exact) mass is 264 g/mol. The third-order valence-electron chi connectivity index (χ3n) is 3.34. The van der Waals surface area contributed by atoms with Crippen LogP contribution in [0, 0.1) is 0 Å². The molecule has 19 heavy (non-hydrogen) atoms. The summed E-state index contributed by atoms with van der Waals surface area (Å²) in [5, 5.41) is 15.0. The summed E-state index contributed by atoms with van der Waals surface area (Å²) in [6, 6.07) is 5.96. The number of anilines is 1. The van der Waals surface area contributed by atoms with Crippen molar-refractivity contribution in [2.24, 2.45) is 0 Å². The van der Waals surface area contributed by atoms with Gasteiger partial charge in [0.1, 0.15) is 5.75 Å². The number of benzene rings is 1. The molecule has 1 aliphatic rings. The highest BCUT2D eigenvalue weighted by atomic mass is 16.5. The van der Waals surface area contributed by atoms with E-state index in [1.165, 1.54) is 0 Å². The molecule has 2 atom stereocenters. The lowest BCUT2D eigenvalue weighted by Crippen LogP contribution is -2.34. The molecule has 1 aromatic rings. The van der Waals surface area contributed by atoms with Crippen molar-refractivity contribution in [3.8, 4) is 5.75 Å². The summed E-state index contributed by atoms with van der Waals surface area (Å²) in [7, 11) is 1.89. The zero-order valence-electron chi connectivity index (χ0n) is 11.3. The van der Waals surface area contributed by atoms with E-state index in [1.807, 2.05) is 25.2 Å². The zero-order chi connectivity index (χ0) is 13.8. The molecule has 1 heterocycles. The number of carbonyl (C=O) groups is 1. The predicted molar refractivity (Wildman–Crippen MR) is 73.3 cm³/mol. The van der Waals surface area contributed by atoms with Crippen molar-refractivity contribution in [1.29, 1.82) is 0 Å². The molecule has 0 saturated carbocycles. The molecule has 3 N–H and O–H groups in total. The molecular formula is C14H20N2O3. The van der Waals surface area contributed by atoms with Gasteiger partial charge >= 0.3 is 0 Å². The van der Waals surface area contributed by atoms with Crippen molar-refractivity contribution in [3.63, 3.8) is 0 Å². The van der Waals surface area contributed by atoms with Crippen LogP contribution in [0.3, 0.4) is 0 Å². The Kier molecular flexibility index (Phi) is 4.39. The lowest BCUT2D eigenvalue weighted by atomic mass is 10.0. The van der Waals surface area contributed by atoms with Gasteiger partial charge in [0.25, 0.3) is 5.91 Å². The molecule has 0 aliphatic carbocycles. The molecule has 1 amide bonds. The molecule has 1 aromatic carbocycles. The van der Waals surface area contributed by atoms with Gasteiger partial charge in [-0.1, -0.05) is 6.07 Å². The summed E-state index contributed by atoms with van der Waals surface area (Å²) in [6.07, 6.45) is 1.13. The van der Waals surface area contributed by atoms with Crippen LogP contribution in [0.25, 0.3) is 0 Å². The van der Waals surface area contributed by atoms with Crippen molar-refractivity contribution in [1.82, 2.24) is 5.32 Å². The summed E-state index contributed by atoms with van der Waals surface area (Å²) >= 11 is 0. The Morgan fingerprint density at radius 3 is 3.00 bits per heavy atom. The molecule has 5 nitrogen and oxygen atoms in total. The first kappa shape index (κ1) is 13.8. The number of nitrogens with one attached hydrogen (secondary N) is 2. The zero-order valence-corrected chi connectivity index (χ0v) is 11.3. The number of aliphatic hydroxyl groups excluding tert-OH is 1. The number of ether oxygens (including phenoxy) is 1. The highest BCUT2D eigenvalue weighted by Crippen LogP contribution is 2.32. The van der Waals surface area contributed by atoms with E-state index in [0.29, 0.717) is 11.4 Å². The number of fused-ring (bicyclic) bond motifs is 1. The van der Waals surface area contributed by atoms with E-state index in [9.17, 15) is 4.79 Å². The number of hydrogen-bond donors (Lipinski definition) is 3. The highest BCUT2D eigenvalue weighted by Gasteiger charge is 2.24. The molecule has 0 aromatic heterocycles. The smallest absolute Gasteiger partial charge is 0.265 e. The van der Waals surface area contributed by atoms with Gasteiger partial charge in [0.2, 0.25) is 0 Å². The Balaban J connectivity index is 2.20. The van der Waals surface area contributed by atoms with Crippen LogP contribution in [0.5, 0.6) is 5.75 Å². The van der Waals surface area contributed by atoms with Crippen LogP contribution in [0.15, 0.2) is 18.2 Å². The van der Waals surface area contributed by atoms with Crippen molar-refractivity contribution >= 4 is 11.6 Å². The van der Waals surface area contributed by atoms with Crippen LogP contribution in [0.4, 0.5) is 5.69 Å². The van der Waals surface area contributed by atoms with Gasteiger partial charge in [-0.2, -0.15) is 0 Å². The van der Waals surface area contributed by atoms with Gasteiger partial charge in [0.15, 0.2) is 6.10 Å². The van der Waals surface area contributed by atoms with E-state index >= 15 is 0 Å². The Morgan fingerprint density at radius 1 is 1.53 bits per heavy atom. The van der Waals surface area contributed by atoms with Crippen molar-refractivity contribution < 1.29 is 14.6 Å². The fourth-order valence-corrected chi connectivity index (χ4v) is 2.22. The third kappa shape index (κ3) is 3.05. The maximum absolute atomic E-state index is 11.6. The van der Waals surface area contributed by atoms with Gasteiger partial charge in [-0.25, -0.2) is 0 Å². The third-order valence-corrected chi connectivity index (χ3v) is 3.34. The SMILES string of the molecule is CNC(CCCO)c1ccc2c(c1)NC(=O)C(C)O2. The van der Waals surface area contributed by atoms with E-state index in [-0.39, 0.29) is 18.6 Å². The van der Waals surface area contributed by atoms with E-state index in [2.05, 4.69) is 10.6 Å². The molecule has 0 fully saturated rings.